The molecule has 1 amide bonds. The van der Waals surface area contributed by atoms with Crippen LogP contribution in [0.1, 0.15) is 26.2 Å². The summed E-state index contributed by atoms with van der Waals surface area (Å²) in [4.78, 5) is 14.7. The number of nitrogens with zero attached hydrogens (tertiary/aromatic N) is 1. The molecule has 1 saturated heterocycles. The van der Waals surface area contributed by atoms with Crippen molar-refractivity contribution in [2.24, 2.45) is 5.92 Å². The molecule has 0 aromatic heterocycles. The highest BCUT2D eigenvalue weighted by molar-refractivity contribution is 5.94. The van der Waals surface area contributed by atoms with E-state index in [2.05, 4.69) is 10.2 Å². The van der Waals surface area contributed by atoms with Gasteiger partial charge in [0.05, 0.1) is 13.2 Å². The first-order valence-corrected chi connectivity index (χ1v) is 7.97. The molecule has 2 atom stereocenters. The van der Waals surface area contributed by atoms with Gasteiger partial charge in [-0.05, 0) is 56.0 Å². The van der Waals surface area contributed by atoms with Gasteiger partial charge in [0.2, 0.25) is 5.91 Å². The third-order valence-corrected chi connectivity index (χ3v) is 4.30. The molecule has 1 fully saturated rings. The molecule has 5 heteroatoms. The number of hydrogen-bond acceptors (Lipinski definition) is 4. The number of ether oxygens (including phenoxy) is 1. The number of aliphatic hydroxyl groups is 1. The molecule has 22 heavy (non-hydrogen) atoms. The van der Waals surface area contributed by atoms with E-state index in [1.165, 1.54) is 0 Å². The number of piperidine rings is 1. The number of aliphatic hydroxyl groups excluding tert-OH is 1. The number of carbonyl (C=O) groups is 1. The largest absolute Gasteiger partial charge is 0.497 e. The van der Waals surface area contributed by atoms with Crippen LogP contribution in [0.2, 0.25) is 0 Å². The van der Waals surface area contributed by atoms with E-state index in [1.807, 2.05) is 31.2 Å². The topological polar surface area (TPSA) is 61.8 Å². The molecule has 0 radical (unpaired) electrons. The Labute approximate surface area is 132 Å². The van der Waals surface area contributed by atoms with Crippen molar-refractivity contribution < 1.29 is 14.6 Å². The highest BCUT2D eigenvalue weighted by Crippen LogP contribution is 2.21. The van der Waals surface area contributed by atoms with E-state index in [-0.39, 0.29) is 24.5 Å². The average Bonchev–Trinajstić information content (AvgIpc) is 2.56. The normalized spacial score (nSPS) is 20.4. The lowest BCUT2D eigenvalue weighted by Crippen LogP contribution is -2.48. The van der Waals surface area contributed by atoms with Gasteiger partial charge in [-0.15, -0.1) is 0 Å². The summed E-state index contributed by atoms with van der Waals surface area (Å²) in [5.74, 6) is 1.08. The van der Waals surface area contributed by atoms with Gasteiger partial charge < -0.3 is 15.2 Å². The molecule has 0 saturated carbocycles. The molecule has 2 unspecified atom stereocenters. The number of anilines is 1. The number of nitrogens with one attached hydrogen (secondary N) is 1. The first kappa shape index (κ1) is 16.8. The minimum absolute atomic E-state index is 0.0197. The Balaban J connectivity index is 1.98. The van der Waals surface area contributed by atoms with Gasteiger partial charge in [-0.1, -0.05) is 6.92 Å². The lowest BCUT2D eigenvalue weighted by Gasteiger charge is -2.36. The molecule has 5 nitrogen and oxygen atoms in total. The van der Waals surface area contributed by atoms with Gasteiger partial charge in [-0.25, -0.2) is 0 Å². The molecule has 0 spiro atoms. The molecule has 2 N–H and O–H groups in total. The number of likely N-dealkylation sites (tertiary alicyclic amines) is 1. The highest BCUT2D eigenvalue weighted by atomic mass is 16.5. The number of rotatable bonds is 6. The van der Waals surface area contributed by atoms with E-state index in [0.29, 0.717) is 0 Å². The first-order valence-electron chi connectivity index (χ1n) is 7.97. The Morgan fingerprint density at radius 2 is 2.18 bits per heavy atom. The van der Waals surface area contributed by atoms with Crippen molar-refractivity contribution in [1.82, 2.24) is 4.90 Å². The van der Waals surface area contributed by atoms with Gasteiger partial charge in [0.1, 0.15) is 5.75 Å². The van der Waals surface area contributed by atoms with E-state index in [9.17, 15) is 9.90 Å². The van der Waals surface area contributed by atoms with Crippen LogP contribution in [0.15, 0.2) is 24.3 Å². The predicted octanol–water partition coefficient (Wildman–Crippen LogP) is 2.12. The summed E-state index contributed by atoms with van der Waals surface area (Å²) in [7, 11) is 1.62. The second kappa shape index (κ2) is 8.15. The van der Waals surface area contributed by atoms with E-state index in [4.69, 9.17) is 4.74 Å². The zero-order valence-electron chi connectivity index (χ0n) is 13.4. The van der Waals surface area contributed by atoms with Crippen molar-refractivity contribution in [3.63, 3.8) is 0 Å². The molecule has 122 valence electrons. The van der Waals surface area contributed by atoms with Gasteiger partial charge in [-0.2, -0.15) is 0 Å². The van der Waals surface area contributed by atoms with Crippen LogP contribution >= 0.6 is 0 Å². The highest BCUT2D eigenvalue weighted by Gasteiger charge is 2.29. The van der Waals surface area contributed by atoms with Gasteiger partial charge in [0.25, 0.3) is 0 Å². The van der Waals surface area contributed by atoms with Crippen molar-refractivity contribution in [2.45, 2.75) is 32.2 Å². The zero-order chi connectivity index (χ0) is 15.9. The SMILES string of the molecule is CCC(C(=O)Nc1ccc(OC)cc1)N1CCCC(CO)C1. The number of methoxy groups -OCH3 is 1. The Morgan fingerprint density at radius 3 is 2.77 bits per heavy atom. The van der Waals surface area contributed by atoms with Crippen molar-refractivity contribution in [3.05, 3.63) is 24.3 Å². The fourth-order valence-electron chi connectivity index (χ4n) is 3.04. The van der Waals surface area contributed by atoms with Crippen LogP contribution in [0.25, 0.3) is 0 Å². The smallest absolute Gasteiger partial charge is 0.241 e. The lowest BCUT2D eigenvalue weighted by molar-refractivity contribution is -0.122. The summed E-state index contributed by atoms with van der Waals surface area (Å²) in [5, 5.41) is 12.3. The standard InChI is InChI=1S/C17H26N2O3/c1-3-16(19-10-4-5-13(11-19)12-20)17(21)18-14-6-8-15(22-2)9-7-14/h6-9,13,16,20H,3-5,10-12H2,1-2H3,(H,18,21). The van der Waals surface area contributed by atoms with Crippen molar-refractivity contribution in [1.29, 1.82) is 0 Å². The number of hydrogen-bond donors (Lipinski definition) is 2. The number of amides is 1. The van der Waals surface area contributed by atoms with E-state index in [0.717, 1.165) is 43.8 Å². The molecule has 0 bridgehead atoms. The third-order valence-electron chi connectivity index (χ3n) is 4.30. The van der Waals surface area contributed by atoms with E-state index < -0.39 is 0 Å². The fraction of sp³-hybridized carbons (Fsp3) is 0.588. The van der Waals surface area contributed by atoms with E-state index in [1.54, 1.807) is 7.11 Å². The average molecular weight is 306 g/mol. The summed E-state index contributed by atoms with van der Waals surface area (Å²) >= 11 is 0. The van der Waals surface area contributed by atoms with Crippen molar-refractivity contribution in [3.8, 4) is 5.75 Å². The van der Waals surface area contributed by atoms with Crippen LogP contribution < -0.4 is 10.1 Å². The minimum atomic E-state index is -0.142. The molecule has 1 aromatic rings. The van der Waals surface area contributed by atoms with Crippen LogP contribution in [0.3, 0.4) is 0 Å². The van der Waals surface area contributed by atoms with Crippen LogP contribution in [0, 0.1) is 5.92 Å². The number of carbonyl (C=O) groups excluding carboxylic acids is 1. The quantitative estimate of drug-likeness (QED) is 0.845. The molecule has 1 heterocycles. The second-order valence-electron chi connectivity index (χ2n) is 5.83. The Bertz CT molecular complexity index is 475. The van der Waals surface area contributed by atoms with Gasteiger partial charge >= 0.3 is 0 Å². The molecule has 2 rings (SSSR count). The summed E-state index contributed by atoms with van der Waals surface area (Å²) in [6.45, 7) is 3.95. The van der Waals surface area contributed by atoms with Crippen molar-refractivity contribution >= 4 is 11.6 Å². The summed E-state index contributed by atoms with van der Waals surface area (Å²) < 4.78 is 5.12. The second-order valence-corrected chi connectivity index (χ2v) is 5.83. The van der Waals surface area contributed by atoms with Crippen LogP contribution in [0.5, 0.6) is 5.75 Å². The fourth-order valence-corrected chi connectivity index (χ4v) is 3.04. The van der Waals surface area contributed by atoms with Gasteiger partial charge in [-0.3, -0.25) is 9.69 Å². The third kappa shape index (κ3) is 4.21. The molecule has 1 aliphatic rings. The van der Waals surface area contributed by atoms with Crippen LogP contribution in [0.4, 0.5) is 5.69 Å². The Kier molecular flexibility index (Phi) is 6.21. The van der Waals surface area contributed by atoms with Crippen molar-refractivity contribution in [2.75, 3.05) is 32.1 Å². The summed E-state index contributed by atoms with van der Waals surface area (Å²) in [5.41, 5.74) is 0.778. The molecule has 1 aromatic carbocycles. The van der Waals surface area contributed by atoms with Crippen LogP contribution in [-0.4, -0.2) is 48.8 Å². The Hall–Kier alpha value is -1.59. The molecule has 1 aliphatic heterocycles. The van der Waals surface area contributed by atoms with Gasteiger partial charge in [0, 0.05) is 18.8 Å². The lowest BCUT2D eigenvalue weighted by atomic mass is 9.96. The monoisotopic (exact) mass is 306 g/mol. The van der Waals surface area contributed by atoms with Gasteiger partial charge in [0.15, 0.2) is 0 Å². The Morgan fingerprint density at radius 1 is 1.45 bits per heavy atom. The summed E-state index contributed by atoms with van der Waals surface area (Å²) in [6, 6.07) is 7.21. The molecular formula is C17H26N2O3. The number of benzene rings is 1. The predicted molar refractivity (Wildman–Crippen MR) is 87.1 cm³/mol. The maximum absolute atomic E-state index is 12.5. The molecule has 0 aliphatic carbocycles. The summed E-state index contributed by atoms with van der Waals surface area (Å²) in [6.07, 6.45) is 2.85. The maximum atomic E-state index is 12.5. The minimum Gasteiger partial charge on any atom is -0.497 e. The first-order chi connectivity index (χ1) is 10.7. The zero-order valence-corrected chi connectivity index (χ0v) is 13.4. The van der Waals surface area contributed by atoms with E-state index >= 15 is 0 Å². The molecular weight excluding hydrogens is 280 g/mol. The van der Waals surface area contributed by atoms with Crippen LogP contribution in [-0.2, 0) is 4.79 Å². The maximum Gasteiger partial charge on any atom is 0.241 e.